The van der Waals surface area contributed by atoms with Gasteiger partial charge in [-0.2, -0.15) is 8.42 Å². The van der Waals surface area contributed by atoms with E-state index in [9.17, 15) is 8.42 Å². The molecule has 0 aliphatic carbocycles. The topological polar surface area (TPSA) is 101 Å². The summed E-state index contributed by atoms with van der Waals surface area (Å²) in [6, 6.07) is -0.0926. The second-order valence-corrected chi connectivity index (χ2v) is 4.21. The summed E-state index contributed by atoms with van der Waals surface area (Å²) in [5, 5.41) is 8.50. The van der Waals surface area contributed by atoms with Crippen LogP contribution in [0.15, 0.2) is 0 Å². The molecule has 0 aliphatic heterocycles. The monoisotopic (exact) mass is 199 g/mol. The van der Waals surface area contributed by atoms with Gasteiger partial charge in [-0.1, -0.05) is 0 Å². The minimum absolute atomic E-state index is 0.0926. The molecule has 0 heterocycles. The molecule has 2 unspecified atom stereocenters. The van der Waals surface area contributed by atoms with Crippen molar-refractivity contribution >= 4 is 10.1 Å². The molecule has 0 saturated heterocycles. The van der Waals surface area contributed by atoms with Crippen molar-refractivity contribution < 1.29 is 18.1 Å². The third kappa shape index (κ3) is 16.4. The number of hydrogen-bond donors (Lipinski definition) is 3. The van der Waals surface area contributed by atoms with E-state index >= 15 is 0 Å². The molecule has 0 saturated carbocycles. The number of aliphatic hydroxyl groups is 1. The summed E-state index contributed by atoms with van der Waals surface area (Å²) in [6.07, 6.45) is -0.370. The minimum atomic E-state index is -3.66. The number of nitrogens with two attached hydrogens (primary N) is 1. The molecule has 12 heavy (non-hydrogen) atoms. The first-order valence-corrected chi connectivity index (χ1v) is 5.20. The van der Waals surface area contributed by atoms with Crippen LogP contribution >= 0.6 is 0 Å². The van der Waals surface area contributed by atoms with Gasteiger partial charge in [-0.15, -0.1) is 0 Å². The normalized spacial score (nSPS) is 15.8. The maximum atomic E-state index is 9.56. The van der Waals surface area contributed by atoms with Crippen molar-refractivity contribution in [3.63, 3.8) is 0 Å². The summed E-state index contributed by atoms with van der Waals surface area (Å²) in [5.74, 6) is -0.201. The Morgan fingerprint density at radius 1 is 1.42 bits per heavy atom. The van der Waals surface area contributed by atoms with E-state index in [0.717, 1.165) is 0 Å². The smallest absolute Gasteiger partial charge is 0.264 e. The van der Waals surface area contributed by atoms with E-state index in [2.05, 4.69) is 0 Å². The van der Waals surface area contributed by atoms with Gasteiger partial charge in [0.2, 0.25) is 0 Å². The maximum absolute atomic E-state index is 9.56. The van der Waals surface area contributed by atoms with E-state index in [-0.39, 0.29) is 17.9 Å². The first-order chi connectivity index (χ1) is 5.20. The van der Waals surface area contributed by atoms with E-state index in [0.29, 0.717) is 0 Å². The van der Waals surface area contributed by atoms with Crippen LogP contribution in [0.2, 0.25) is 0 Å². The summed E-state index contributed by atoms with van der Waals surface area (Å²) < 4.78 is 26.9. The van der Waals surface area contributed by atoms with Gasteiger partial charge >= 0.3 is 0 Å². The molecule has 0 aromatic rings. The van der Waals surface area contributed by atoms with Crippen LogP contribution < -0.4 is 5.73 Å². The van der Waals surface area contributed by atoms with Crippen LogP contribution in [0, 0.1) is 0 Å². The lowest BCUT2D eigenvalue weighted by Gasteiger charge is -2.04. The number of aliphatic hydroxyl groups excluding tert-OH is 1. The number of rotatable bonds is 2. The van der Waals surface area contributed by atoms with Crippen LogP contribution in [-0.2, 0) is 10.1 Å². The van der Waals surface area contributed by atoms with Crippen LogP contribution in [0.1, 0.15) is 20.8 Å². The Kier molecular flexibility index (Phi) is 7.61. The molecule has 0 rings (SSSR count). The molecule has 0 fully saturated rings. The van der Waals surface area contributed by atoms with Gasteiger partial charge in [0.25, 0.3) is 10.1 Å². The highest BCUT2D eigenvalue weighted by Crippen LogP contribution is 1.81. The Hall–Kier alpha value is -0.170. The summed E-state index contributed by atoms with van der Waals surface area (Å²) in [4.78, 5) is 0. The molecule has 0 aromatic heterocycles. The average Bonchev–Trinajstić information content (AvgIpc) is 1.87. The van der Waals surface area contributed by atoms with Crippen LogP contribution in [0.5, 0.6) is 0 Å². The average molecular weight is 199 g/mol. The summed E-state index contributed by atoms with van der Waals surface area (Å²) in [5.41, 5.74) is 5.19. The van der Waals surface area contributed by atoms with Gasteiger partial charge in [0.15, 0.2) is 0 Å². The van der Waals surface area contributed by atoms with Crippen molar-refractivity contribution in [1.82, 2.24) is 0 Å². The van der Waals surface area contributed by atoms with Crippen LogP contribution in [-0.4, -0.2) is 36.0 Å². The van der Waals surface area contributed by atoms with Crippen molar-refractivity contribution in [2.24, 2.45) is 5.73 Å². The molecule has 0 aliphatic rings. The fraction of sp³-hybridized carbons (Fsp3) is 1.00. The Bertz CT molecular complexity index is 180. The zero-order chi connectivity index (χ0) is 10.4. The van der Waals surface area contributed by atoms with Crippen molar-refractivity contribution in [3.05, 3.63) is 0 Å². The number of hydrogen-bond acceptors (Lipinski definition) is 4. The Labute approximate surface area is 73.3 Å². The highest BCUT2D eigenvalue weighted by Gasteiger charge is 1.97. The molecule has 0 radical (unpaired) electrons. The lowest BCUT2D eigenvalue weighted by Crippen LogP contribution is -2.28. The van der Waals surface area contributed by atoms with Crippen LogP contribution in [0.25, 0.3) is 0 Å². The Morgan fingerprint density at radius 2 is 1.58 bits per heavy atom. The predicted octanol–water partition coefficient (Wildman–Crippen LogP) is -0.391. The molecule has 0 spiro atoms. The molecule has 0 amide bonds. The summed E-state index contributed by atoms with van der Waals surface area (Å²) in [7, 11) is -3.66. The van der Waals surface area contributed by atoms with Gasteiger partial charge in [-0.25, -0.2) is 0 Å². The maximum Gasteiger partial charge on any atom is 0.264 e. The van der Waals surface area contributed by atoms with E-state index in [1.165, 1.54) is 6.92 Å². The van der Waals surface area contributed by atoms with Gasteiger partial charge in [-0.3, -0.25) is 4.55 Å². The molecule has 5 nitrogen and oxygen atoms in total. The zero-order valence-electron chi connectivity index (χ0n) is 7.56. The molecular formula is C6H17NO4S. The molecule has 0 bridgehead atoms. The SMILES string of the molecule is CC(N)C(C)O.CCS(=O)(=O)O. The molecule has 0 aromatic carbocycles. The molecule has 6 heteroatoms. The minimum Gasteiger partial charge on any atom is -0.392 e. The highest BCUT2D eigenvalue weighted by molar-refractivity contribution is 7.85. The van der Waals surface area contributed by atoms with Gasteiger partial charge < -0.3 is 10.8 Å². The Morgan fingerprint density at radius 3 is 1.58 bits per heavy atom. The lowest BCUT2D eigenvalue weighted by molar-refractivity contribution is 0.170. The fourth-order valence-electron chi connectivity index (χ4n) is 0. The molecular weight excluding hydrogens is 182 g/mol. The van der Waals surface area contributed by atoms with E-state index in [1.807, 2.05) is 0 Å². The zero-order valence-corrected chi connectivity index (χ0v) is 8.37. The second-order valence-electron chi connectivity index (χ2n) is 2.47. The second kappa shape index (κ2) is 6.36. The first-order valence-electron chi connectivity index (χ1n) is 3.59. The van der Waals surface area contributed by atoms with Gasteiger partial charge in [0, 0.05) is 6.04 Å². The summed E-state index contributed by atoms with van der Waals surface area (Å²) in [6.45, 7) is 4.81. The quantitative estimate of drug-likeness (QED) is 0.526. The molecule has 4 N–H and O–H groups in total. The van der Waals surface area contributed by atoms with Gasteiger partial charge in [-0.05, 0) is 20.8 Å². The van der Waals surface area contributed by atoms with Gasteiger partial charge in [0.1, 0.15) is 0 Å². The van der Waals surface area contributed by atoms with Crippen LogP contribution in [0.4, 0.5) is 0 Å². The standard InChI is InChI=1S/C4H11NO.C2H6O3S/c1-3(5)4(2)6;1-2-6(3,4)5/h3-4,6H,5H2,1-2H3;2H2,1H3,(H,3,4,5). The predicted molar refractivity (Wildman–Crippen MR) is 47.4 cm³/mol. The largest absolute Gasteiger partial charge is 0.392 e. The van der Waals surface area contributed by atoms with E-state index in [1.54, 1.807) is 13.8 Å². The van der Waals surface area contributed by atoms with Crippen molar-refractivity contribution in [2.45, 2.75) is 32.9 Å². The lowest BCUT2D eigenvalue weighted by atomic mass is 10.2. The summed E-state index contributed by atoms with van der Waals surface area (Å²) >= 11 is 0. The highest BCUT2D eigenvalue weighted by atomic mass is 32.2. The first kappa shape index (κ1) is 14.4. The van der Waals surface area contributed by atoms with Crippen molar-refractivity contribution in [3.8, 4) is 0 Å². The fourth-order valence-corrected chi connectivity index (χ4v) is 0. The third-order valence-corrected chi connectivity index (χ3v) is 1.86. The van der Waals surface area contributed by atoms with E-state index < -0.39 is 10.1 Å². The van der Waals surface area contributed by atoms with Crippen LogP contribution in [0.3, 0.4) is 0 Å². The third-order valence-electron chi connectivity index (χ3n) is 1.13. The molecule has 76 valence electrons. The van der Waals surface area contributed by atoms with Gasteiger partial charge in [0.05, 0.1) is 11.9 Å². The molecule has 2 atom stereocenters. The van der Waals surface area contributed by atoms with Crippen molar-refractivity contribution in [1.29, 1.82) is 0 Å². The van der Waals surface area contributed by atoms with Crippen molar-refractivity contribution in [2.75, 3.05) is 5.75 Å². The van der Waals surface area contributed by atoms with E-state index in [4.69, 9.17) is 15.4 Å². The Balaban J connectivity index is 0.